The normalized spacial score (nSPS) is 18.3. The molecule has 1 nitrogen and oxygen atoms in total. The molecule has 1 fully saturated rings. The average Bonchev–Trinajstić information content (AvgIpc) is 2.30. The molecule has 0 amide bonds. The summed E-state index contributed by atoms with van der Waals surface area (Å²) < 4.78 is 0. The van der Waals surface area contributed by atoms with E-state index >= 15 is 0 Å². The molecule has 0 aliphatic heterocycles. The van der Waals surface area contributed by atoms with Crippen LogP contribution in [-0.4, -0.2) is 4.98 Å². The standard InChI is InChI=1S/C14H21N/c1-11(2)13-8-9-14(15-10-13)12-6-4-3-5-7-12/h8-12H,3-7H2,1-2H3. The summed E-state index contributed by atoms with van der Waals surface area (Å²) in [6, 6.07) is 4.49. The lowest BCUT2D eigenvalue weighted by atomic mass is 9.86. The number of rotatable bonds is 2. The predicted molar refractivity (Wildman–Crippen MR) is 64.2 cm³/mol. The van der Waals surface area contributed by atoms with Gasteiger partial charge in [0.05, 0.1) is 0 Å². The van der Waals surface area contributed by atoms with Crippen molar-refractivity contribution in [3.05, 3.63) is 29.6 Å². The van der Waals surface area contributed by atoms with Crippen molar-refractivity contribution >= 4 is 0 Å². The maximum Gasteiger partial charge on any atom is 0.0434 e. The largest absolute Gasteiger partial charge is 0.261 e. The minimum absolute atomic E-state index is 0.595. The molecule has 1 heterocycles. The lowest BCUT2D eigenvalue weighted by Crippen LogP contribution is -2.06. The number of hydrogen-bond acceptors (Lipinski definition) is 1. The van der Waals surface area contributed by atoms with Gasteiger partial charge in [0.1, 0.15) is 0 Å². The van der Waals surface area contributed by atoms with Crippen LogP contribution in [0.25, 0.3) is 0 Å². The fourth-order valence-corrected chi connectivity index (χ4v) is 2.40. The first-order valence-corrected chi connectivity index (χ1v) is 6.23. The zero-order chi connectivity index (χ0) is 10.7. The van der Waals surface area contributed by atoms with E-state index in [1.165, 1.54) is 43.4 Å². The Kier molecular flexibility index (Phi) is 3.40. The molecule has 0 saturated heterocycles. The van der Waals surface area contributed by atoms with Crippen LogP contribution < -0.4 is 0 Å². The van der Waals surface area contributed by atoms with Gasteiger partial charge in [-0.25, -0.2) is 0 Å². The summed E-state index contributed by atoms with van der Waals surface area (Å²) in [4.78, 5) is 4.62. The van der Waals surface area contributed by atoms with E-state index < -0.39 is 0 Å². The molecule has 0 N–H and O–H groups in total. The highest BCUT2D eigenvalue weighted by Crippen LogP contribution is 2.31. The fraction of sp³-hybridized carbons (Fsp3) is 0.643. The van der Waals surface area contributed by atoms with Gasteiger partial charge in [0, 0.05) is 17.8 Å². The van der Waals surface area contributed by atoms with Crippen LogP contribution in [0.3, 0.4) is 0 Å². The van der Waals surface area contributed by atoms with Gasteiger partial charge < -0.3 is 0 Å². The lowest BCUT2D eigenvalue weighted by molar-refractivity contribution is 0.436. The van der Waals surface area contributed by atoms with Gasteiger partial charge in [0.2, 0.25) is 0 Å². The van der Waals surface area contributed by atoms with Crippen molar-refractivity contribution in [3.63, 3.8) is 0 Å². The highest BCUT2D eigenvalue weighted by atomic mass is 14.7. The van der Waals surface area contributed by atoms with Gasteiger partial charge >= 0.3 is 0 Å². The third-order valence-corrected chi connectivity index (χ3v) is 3.50. The maximum absolute atomic E-state index is 4.62. The van der Waals surface area contributed by atoms with Crippen LogP contribution in [0.15, 0.2) is 18.3 Å². The molecule has 1 heteroatoms. The minimum Gasteiger partial charge on any atom is -0.261 e. The zero-order valence-corrected chi connectivity index (χ0v) is 9.87. The summed E-state index contributed by atoms with van der Waals surface area (Å²) >= 11 is 0. The Morgan fingerprint density at radius 2 is 1.87 bits per heavy atom. The first-order chi connectivity index (χ1) is 7.27. The Morgan fingerprint density at radius 3 is 2.40 bits per heavy atom. The molecule has 0 radical (unpaired) electrons. The van der Waals surface area contributed by atoms with Crippen LogP contribution in [0, 0.1) is 0 Å². The Bertz CT molecular complexity index is 294. The van der Waals surface area contributed by atoms with Crippen LogP contribution in [0.2, 0.25) is 0 Å². The van der Waals surface area contributed by atoms with Gasteiger partial charge in [-0.05, 0) is 30.4 Å². The molecule has 0 unspecified atom stereocenters. The maximum atomic E-state index is 4.62. The van der Waals surface area contributed by atoms with E-state index in [0.717, 1.165) is 5.92 Å². The summed E-state index contributed by atoms with van der Waals surface area (Å²) in [7, 11) is 0. The second-order valence-electron chi connectivity index (χ2n) is 5.01. The van der Waals surface area contributed by atoms with Crippen LogP contribution in [0.1, 0.15) is 69.0 Å². The van der Waals surface area contributed by atoms with E-state index in [4.69, 9.17) is 0 Å². The smallest absolute Gasteiger partial charge is 0.0434 e. The van der Waals surface area contributed by atoms with Crippen molar-refractivity contribution in [3.8, 4) is 0 Å². The minimum atomic E-state index is 0.595. The molecule has 2 rings (SSSR count). The van der Waals surface area contributed by atoms with Gasteiger partial charge in [-0.2, -0.15) is 0 Å². The van der Waals surface area contributed by atoms with E-state index in [-0.39, 0.29) is 0 Å². The number of pyridine rings is 1. The summed E-state index contributed by atoms with van der Waals surface area (Å²) in [6.45, 7) is 4.44. The highest BCUT2D eigenvalue weighted by Gasteiger charge is 2.16. The number of nitrogens with zero attached hydrogens (tertiary/aromatic N) is 1. The Balaban J connectivity index is 2.08. The van der Waals surface area contributed by atoms with Crippen molar-refractivity contribution in [2.75, 3.05) is 0 Å². The summed E-state index contributed by atoms with van der Waals surface area (Å²) in [5.74, 6) is 1.33. The van der Waals surface area contributed by atoms with Crippen molar-refractivity contribution in [2.24, 2.45) is 0 Å². The summed E-state index contributed by atoms with van der Waals surface area (Å²) in [5, 5.41) is 0. The monoisotopic (exact) mass is 203 g/mol. The molecule has 0 spiro atoms. The molecule has 1 aliphatic rings. The number of hydrogen-bond donors (Lipinski definition) is 0. The molecule has 1 aliphatic carbocycles. The lowest BCUT2D eigenvalue weighted by Gasteiger charge is -2.21. The molecule has 0 atom stereocenters. The van der Waals surface area contributed by atoms with Crippen LogP contribution in [0.4, 0.5) is 0 Å². The molecule has 0 bridgehead atoms. The summed E-state index contributed by atoms with van der Waals surface area (Å²) in [5.41, 5.74) is 2.67. The quantitative estimate of drug-likeness (QED) is 0.700. The van der Waals surface area contributed by atoms with E-state index in [9.17, 15) is 0 Å². The van der Waals surface area contributed by atoms with E-state index in [1.54, 1.807) is 0 Å². The molecule has 0 aromatic carbocycles. The van der Waals surface area contributed by atoms with Crippen LogP contribution in [0.5, 0.6) is 0 Å². The molecular formula is C14H21N. The Labute approximate surface area is 92.9 Å². The molecule has 1 aromatic heterocycles. The van der Waals surface area contributed by atoms with Gasteiger partial charge in [-0.1, -0.05) is 39.2 Å². The van der Waals surface area contributed by atoms with Crippen molar-refractivity contribution in [2.45, 2.75) is 57.8 Å². The van der Waals surface area contributed by atoms with E-state index in [2.05, 4.69) is 37.2 Å². The average molecular weight is 203 g/mol. The van der Waals surface area contributed by atoms with Crippen molar-refractivity contribution in [1.82, 2.24) is 4.98 Å². The van der Waals surface area contributed by atoms with Gasteiger partial charge in [0.15, 0.2) is 0 Å². The van der Waals surface area contributed by atoms with Crippen molar-refractivity contribution in [1.29, 1.82) is 0 Å². The Hall–Kier alpha value is -0.850. The number of aromatic nitrogens is 1. The molecule has 1 saturated carbocycles. The first kappa shape index (κ1) is 10.7. The second-order valence-corrected chi connectivity index (χ2v) is 5.01. The van der Waals surface area contributed by atoms with Gasteiger partial charge in [0.25, 0.3) is 0 Å². The zero-order valence-electron chi connectivity index (χ0n) is 9.87. The van der Waals surface area contributed by atoms with Gasteiger partial charge in [-0.3, -0.25) is 4.98 Å². The third kappa shape index (κ3) is 2.58. The SMILES string of the molecule is CC(C)c1ccc(C2CCCCC2)nc1. The molecule has 15 heavy (non-hydrogen) atoms. The van der Waals surface area contributed by atoms with Gasteiger partial charge in [-0.15, -0.1) is 0 Å². The van der Waals surface area contributed by atoms with E-state index in [0.29, 0.717) is 5.92 Å². The molecule has 82 valence electrons. The first-order valence-electron chi connectivity index (χ1n) is 6.23. The highest BCUT2D eigenvalue weighted by molar-refractivity contribution is 5.19. The second kappa shape index (κ2) is 4.78. The molecule has 1 aromatic rings. The Morgan fingerprint density at radius 1 is 1.13 bits per heavy atom. The van der Waals surface area contributed by atoms with E-state index in [1.807, 2.05) is 0 Å². The van der Waals surface area contributed by atoms with Crippen LogP contribution in [-0.2, 0) is 0 Å². The van der Waals surface area contributed by atoms with Crippen LogP contribution >= 0.6 is 0 Å². The molecular weight excluding hydrogens is 182 g/mol. The third-order valence-electron chi connectivity index (χ3n) is 3.50. The predicted octanol–water partition coefficient (Wildman–Crippen LogP) is 4.25. The fourth-order valence-electron chi connectivity index (χ4n) is 2.40. The topological polar surface area (TPSA) is 12.9 Å². The van der Waals surface area contributed by atoms with Crippen molar-refractivity contribution < 1.29 is 0 Å². The summed E-state index contributed by atoms with van der Waals surface area (Å²) in [6.07, 6.45) is 8.94.